The fraction of sp³-hybridized carbons (Fsp3) is 0.632. The second-order valence-corrected chi connectivity index (χ2v) is 6.32. The standard InChI is InChI=1S/C19H29NO/c1-4-19(5-2,6-3)18(21)20-14-12-17(13-15-20)16-10-8-7-9-11-16/h7-11,17H,4-6,12-15H2,1-3H3. The molecule has 0 N–H and O–H groups in total. The van der Waals surface area contributed by atoms with Crippen LogP contribution in [0.5, 0.6) is 0 Å². The molecule has 1 fully saturated rings. The topological polar surface area (TPSA) is 20.3 Å². The molecule has 2 nitrogen and oxygen atoms in total. The van der Waals surface area contributed by atoms with Crippen LogP contribution in [-0.4, -0.2) is 23.9 Å². The van der Waals surface area contributed by atoms with Crippen molar-refractivity contribution in [3.63, 3.8) is 0 Å². The van der Waals surface area contributed by atoms with Gasteiger partial charge in [-0.05, 0) is 43.6 Å². The highest BCUT2D eigenvalue weighted by atomic mass is 16.2. The summed E-state index contributed by atoms with van der Waals surface area (Å²) in [6.07, 6.45) is 5.07. The van der Waals surface area contributed by atoms with Crippen molar-refractivity contribution in [2.24, 2.45) is 5.41 Å². The lowest BCUT2D eigenvalue weighted by Crippen LogP contribution is -2.46. The van der Waals surface area contributed by atoms with Gasteiger partial charge in [0.1, 0.15) is 0 Å². The van der Waals surface area contributed by atoms with Crippen LogP contribution in [0, 0.1) is 5.41 Å². The van der Waals surface area contributed by atoms with E-state index in [1.807, 2.05) is 0 Å². The van der Waals surface area contributed by atoms with Gasteiger partial charge in [0.25, 0.3) is 0 Å². The molecule has 0 radical (unpaired) electrons. The molecule has 0 atom stereocenters. The predicted molar refractivity (Wildman–Crippen MR) is 88.3 cm³/mol. The van der Waals surface area contributed by atoms with E-state index in [9.17, 15) is 4.79 Å². The lowest BCUT2D eigenvalue weighted by atomic mass is 9.77. The summed E-state index contributed by atoms with van der Waals surface area (Å²) in [7, 11) is 0. The molecule has 1 amide bonds. The summed E-state index contributed by atoms with van der Waals surface area (Å²) in [6, 6.07) is 10.7. The van der Waals surface area contributed by atoms with Gasteiger partial charge in [-0.25, -0.2) is 0 Å². The molecular weight excluding hydrogens is 258 g/mol. The van der Waals surface area contributed by atoms with Gasteiger partial charge >= 0.3 is 0 Å². The molecule has 1 heterocycles. The average Bonchev–Trinajstić information content (AvgIpc) is 2.58. The Morgan fingerprint density at radius 2 is 1.57 bits per heavy atom. The maximum atomic E-state index is 12.9. The van der Waals surface area contributed by atoms with E-state index in [2.05, 4.69) is 56.0 Å². The highest BCUT2D eigenvalue weighted by molar-refractivity contribution is 5.82. The Morgan fingerprint density at radius 1 is 1.05 bits per heavy atom. The first kappa shape index (κ1) is 16.1. The number of carbonyl (C=O) groups excluding carboxylic acids is 1. The summed E-state index contributed by atoms with van der Waals surface area (Å²) in [5.41, 5.74) is 1.30. The lowest BCUT2D eigenvalue weighted by Gasteiger charge is -2.39. The van der Waals surface area contributed by atoms with Crippen molar-refractivity contribution >= 4 is 5.91 Å². The van der Waals surface area contributed by atoms with Gasteiger partial charge in [0.2, 0.25) is 5.91 Å². The van der Waals surface area contributed by atoms with E-state index >= 15 is 0 Å². The van der Waals surface area contributed by atoms with E-state index in [0.29, 0.717) is 11.8 Å². The quantitative estimate of drug-likeness (QED) is 0.774. The van der Waals surface area contributed by atoms with E-state index in [0.717, 1.165) is 45.2 Å². The number of likely N-dealkylation sites (tertiary alicyclic amines) is 1. The van der Waals surface area contributed by atoms with Gasteiger partial charge in [0.15, 0.2) is 0 Å². The zero-order valence-corrected chi connectivity index (χ0v) is 13.8. The van der Waals surface area contributed by atoms with Crippen LogP contribution in [0.4, 0.5) is 0 Å². The smallest absolute Gasteiger partial charge is 0.228 e. The number of carbonyl (C=O) groups is 1. The van der Waals surface area contributed by atoms with Gasteiger partial charge in [-0.2, -0.15) is 0 Å². The molecule has 1 aliphatic rings. The van der Waals surface area contributed by atoms with E-state index in [-0.39, 0.29) is 5.41 Å². The molecule has 0 saturated carbocycles. The van der Waals surface area contributed by atoms with Crippen LogP contribution in [0.1, 0.15) is 64.4 Å². The third-order valence-corrected chi connectivity index (χ3v) is 5.54. The third-order valence-electron chi connectivity index (χ3n) is 5.54. The normalized spacial score (nSPS) is 17.0. The van der Waals surface area contributed by atoms with Gasteiger partial charge in [0.05, 0.1) is 0 Å². The summed E-state index contributed by atoms with van der Waals surface area (Å²) in [4.78, 5) is 15.0. The molecule has 1 aromatic carbocycles. The number of rotatable bonds is 5. The number of benzene rings is 1. The summed E-state index contributed by atoms with van der Waals surface area (Å²) < 4.78 is 0. The first-order chi connectivity index (χ1) is 10.2. The number of hydrogen-bond donors (Lipinski definition) is 0. The molecule has 0 unspecified atom stereocenters. The van der Waals surface area contributed by atoms with Crippen LogP contribution in [-0.2, 0) is 4.79 Å². The van der Waals surface area contributed by atoms with Gasteiger partial charge in [0, 0.05) is 18.5 Å². The van der Waals surface area contributed by atoms with Crippen molar-refractivity contribution < 1.29 is 4.79 Å². The summed E-state index contributed by atoms with van der Waals surface area (Å²) in [6.45, 7) is 8.30. The van der Waals surface area contributed by atoms with Crippen LogP contribution in [0.3, 0.4) is 0 Å². The Kier molecular flexibility index (Phi) is 5.44. The van der Waals surface area contributed by atoms with Gasteiger partial charge in [-0.15, -0.1) is 0 Å². The fourth-order valence-electron chi connectivity index (χ4n) is 3.68. The maximum Gasteiger partial charge on any atom is 0.228 e. The number of piperidine rings is 1. The summed E-state index contributed by atoms with van der Waals surface area (Å²) in [5, 5.41) is 0. The monoisotopic (exact) mass is 287 g/mol. The fourth-order valence-corrected chi connectivity index (χ4v) is 3.68. The SMILES string of the molecule is CCC(CC)(CC)C(=O)N1CCC(c2ccccc2)CC1. The molecule has 0 bridgehead atoms. The first-order valence-electron chi connectivity index (χ1n) is 8.51. The third kappa shape index (κ3) is 3.30. The van der Waals surface area contributed by atoms with E-state index in [1.165, 1.54) is 5.56 Å². The first-order valence-corrected chi connectivity index (χ1v) is 8.51. The minimum absolute atomic E-state index is 0.125. The minimum atomic E-state index is -0.125. The highest BCUT2D eigenvalue weighted by Gasteiger charge is 2.37. The Morgan fingerprint density at radius 3 is 2.05 bits per heavy atom. The van der Waals surface area contributed by atoms with Crippen molar-refractivity contribution in [1.82, 2.24) is 4.90 Å². The largest absolute Gasteiger partial charge is 0.342 e. The summed E-state index contributed by atoms with van der Waals surface area (Å²) in [5.74, 6) is 1.01. The average molecular weight is 287 g/mol. The number of amides is 1. The summed E-state index contributed by atoms with van der Waals surface area (Å²) >= 11 is 0. The predicted octanol–water partition coefficient (Wildman–Crippen LogP) is 4.61. The molecule has 0 spiro atoms. The van der Waals surface area contributed by atoms with Crippen LogP contribution in [0.2, 0.25) is 0 Å². The lowest BCUT2D eigenvalue weighted by molar-refractivity contribution is -0.144. The van der Waals surface area contributed by atoms with Crippen molar-refractivity contribution in [2.75, 3.05) is 13.1 Å². The molecule has 2 rings (SSSR count). The molecule has 21 heavy (non-hydrogen) atoms. The Hall–Kier alpha value is -1.31. The molecule has 1 aromatic rings. The number of hydrogen-bond acceptors (Lipinski definition) is 1. The van der Waals surface area contributed by atoms with Crippen LogP contribution in [0.25, 0.3) is 0 Å². The van der Waals surface area contributed by atoms with Crippen molar-refractivity contribution in [2.45, 2.75) is 58.8 Å². The van der Waals surface area contributed by atoms with Gasteiger partial charge in [-0.1, -0.05) is 51.1 Å². The van der Waals surface area contributed by atoms with Gasteiger partial charge in [-0.3, -0.25) is 4.79 Å². The second kappa shape index (κ2) is 7.11. The van der Waals surface area contributed by atoms with Crippen LogP contribution < -0.4 is 0 Å². The number of nitrogens with zero attached hydrogens (tertiary/aromatic N) is 1. The van der Waals surface area contributed by atoms with Crippen LogP contribution in [0.15, 0.2) is 30.3 Å². The van der Waals surface area contributed by atoms with Gasteiger partial charge < -0.3 is 4.90 Å². The van der Waals surface area contributed by atoms with E-state index in [4.69, 9.17) is 0 Å². The highest BCUT2D eigenvalue weighted by Crippen LogP contribution is 2.35. The molecule has 0 aromatic heterocycles. The Balaban J connectivity index is 1.99. The van der Waals surface area contributed by atoms with E-state index < -0.39 is 0 Å². The van der Waals surface area contributed by atoms with Crippen molar-refractivity contribution in [1.29, 1.82) is 0 Å². The Labute approximate surface area is 129 Å². The molecule has 2 heteroatoms. The molecule has 116 valence electrons. The van der Waals surface area contributed by atoms with Crippen molar-refractivity contribution in [3.8, 4) is 0 Å². The Bertz CT molecular complexity index is 434. The molecule has 0 aliphatic carbocycles. The maximum absolute atomic E-state index is 12.9. The zero-order chi connectivity index (χ0) is 15.3. The van der Waals surface area contributed by atoms with E-state index in [1.54, 1.807) is 0 Å². The zero-order valence-electron chi connectivity index (χ0n) is 13.8. The second-order valence-electron chi connectivity index (χ2n) is 6.32. The minimum Gasteiger partial charge on any atom is -0.342 e. The molecule has 1 aliphatic heterocycles. The molecular formula is C19H29NO. The van der Waals surface area contributed by atoms with Crippen LogP contribution >= 0.6 is 0 Å². The molecule has 1 saturated heterocycles. The van der Waals surface area contributed by atoms with Crippen molar-refractivity contribution in [3.05, 3.63) is 35.9 Å².